The van der Waals surface area contributed by atoms with Gasteiger partial charge >= 0.3 is 0 Å². The Kier molecular flexibility index (Phi) is 5.96. The largest absolute Gasteiger partial charge is 0.491 e. The van der Waals surface area contributed by atoms with Crippen LogP contribution in [0.15, 0.2) is 59.2 Å². The number of carbonyl (C=O) groups is 2. The van der Waals surface area contributed by atoms with Crippen molar-refractivity contribution in [2.75, 3.05) is 19.7 Å². The maximum atomic E-state index is 13.7. The maximum absolute atomic E-state index is 13.7. The van der Waals surface area contributed by atoms with Crippen LogP contribution in [0.2, 0.25) is 0 Å². The van der Waals surface area contributed by atoms with E-state index in [1.54, 1.807) is 6.26 Å². The second-order valence-corrected chi connectivity index (χ2v) is 10.2. The predicted molar refractivity (Wildman–Crippen MR) is 133 cm³/mol. The van der Waals surface area contributed by atoms with Crippen LogP contribution < -0.4 is 4.74 Å². The molecule has 0 N–H and O–H groups in total. The highest BCUT2D eigenvalue weighted by Crippen LogP contribution is 2.42. The number of amides is 2. The van der Waals surface area contributed by atoms with Gasteiger partial charge in [0.1, 0.15) is 17.9 Å². The summed E-state index contributed by atoms with van der Waals surface area (Å²) in [5.41, 5.74) is 2.93. The third-order valence-electron chi connectivity index (χ3n) is 8.07. The molecule has 182 valence electrons. The minimum Gasteiger partial charge on any atom is -0.491 e. The summed E-state index contributed by atoms with van der Waals surface area (Å²) in [5.74, 6) is 1.47. The number of likely N-dealkylation sites (tertiary alicyclic amines) is 1. The van der Waals surface area contributed by atoms with Gasteiger partial charge in [0.2, 0.25) is 5.91 Å². The van der Waals surface area contributed by atoms with Gasteiger partial charge in [-0.3, -0.25) is 9.59 Å². The number of hydrogen-bond donors (Lipinski definition) is 0. The Morgan fingerprint density at radius 2 is 1.86 bits per heavy atom. The number of hydrogen-bond acceptors (Lipinski definition) is 4. The zero-order valence-electron chi connectivity index (χ0n) is 20.0. The number of para-hydroxylation sites is 1. The molecule has 0 saturated carbocycles. The van der Waals surface area contributed by atoms with E-state index in [2.05, 4.69) is 23.1 Å². The van der Waals surface area contributed by atoms with Gasteiger partial charge < -0.3 is 19.0 Å². The van der Waals surface area contributed by atoms with Crippen molar-refractivity contribution in [2.24, 2.45) is 5.92 Å². The van der Waals surface area contributed by atoms with E-state index in [1.807, 2.05) is 35.2 Å². The van der Waals surface area contributed by atoms with Crippen LogP contribution in [0.3, 0.4) is 0 Å². The molecule has 0 aliphatic carbocycles. The van der Waals surface area contributed by atoms with Crippen LogP contribution in [0.5, 0.6) is 5.75 Å². The molecule has 3 aliphatic heterocycles. The molecular weight excluding hydrogens is 440 g/mol. The molecule has 0 radical (unpaired) electrons. The molecule has 1 aromatic heterocycles. The Labute approximate surface area is 205 Å². The predicted octanol–water partition coefficient (Wildman–Crippen LogP) is 5.06. The van der Waals surface area contributed by atoms with Gasteiger partial charge in [0.15, 0.2) is 0 Å². The summed E-state index contributed by atoms with van der Waals surface area (Å²) in [6.45, 7) is 1.78. The summed E-state index contributed by atoms with van der Waals surface area (Å²) in [6.07, 6.45) is 8.57. The van der Waals surface area contributed by atoms with Crippen LogP contribution in [0.1, 0.15) is 54.4 Å². The topological polar surface area (TPSA) is 63.0 Å². The number of carbonyl (C=O) groups excluding carboxylic acids is 2. The number of fused-ring (bicyclic) bond motifs is 3. The SMILES string of the molecule is O=C1CCCN1CCOc1ccccc1C(=O)N1C2CCC1CC(Cc1cccc3occc13)C2. The Morgan fingerprint density at radius 1 is 1.03 bits per heavy atom. The van der Waals surface area contributed by atoms with E-state index in [4.69, 9.17) is 9.15 Å². The molecule has 6 nitrogen and oxygen atoms in total. The third kappa shape index (κ3) is 4.30. The standard InChI is InChI=1S/C29H32N2O4/c32-28-9-4-13-30(28)14-16-35-27-7-2-1-6-25(27)29(33)31-22-10-11-23(31)19-20(18-22)17-21-5-3-8-26-24(21)12-15-34-26/h1-3,5-8,12,15,20,22-23H,4,9-11,13-14,16-19H2. The Morgan fingerprint density at radius 3 is 2.66 bits per heavy atom. The van der Waals surface area contributed by atoms with Crippen molar-refractivity contribution in [1.82, 2.24) is 9.80 Å². The monoisotopic (exact) mass is 472 g/mol. The lowest BCUT2D eigenvalue weighted by molar-refractivity contribution is -0.128. The second kappa shape index (κ2) is 9.40. The Hall–Kier alpha value is -3.28. The molecule has 2 unspecified atom stereocenters. The number of ether oxygens (including phenoxy) is 1. The normalized spacial score (nSPS) is 23.9. The second-order valence-electron chi connectivity index (χ2n) is 10.2. The van der Waals surface area contributed by atoms with Gasteiger partial charge in [-0.05, 0) is 74.3 Å². The zero-order chi connectivity index (χ0) is 23.8. The molecule has 3 aliphatic rings. The fourth-order valence-corrected chi connectivity index (χ4v) is 6.45. The van der Waals surface area contributed by atoms with Crippen molar-refractivity contribution in [1.29, 1.82) is 0 Å². The van der Waals surface area contributed by atoms with Gasteiger partial charge in [0.25, 0.3) is 5.91 Å². The molecule has 0 spiro atoms. The van der Waals surface area contributed by atoms with Crippen molar-refractivity contribution in [3.63, 3.8) is 0 Å². The van der Waals surface area contributed by atoms with Crippen LogP contribution in [-0.2, 0) is 11.2 Å². The average molecular weight is 473 g/mol. The lowest BCUT2D eigenvalue weighted by atomic mass is 9.84. The summed E-state index contributed by atoms with van der Waals surface area (Å²) >= 11 is 0. The van der Waals surface area contributed by atoms with Crippen molar-refractivity contribution >= 4 is 22.8 Å². The molecule has 2 atom stereocenters. The molecule has 3 aromatic rings. The first kappa shape index (κ1) is 22.2. The number of furan rings is 1. The summed E-state index contributed by atoms with van der Waals surface area (Å²) in [6, 6.07) is 16.5. The smallest absolute Gasteiger partial charge is 0.258 e. The first-order valence-electron chi connectivity index (χ1n) is 12.9. The Balaban J connectivity index is 1.13. The molecular formula is C29H32N2O4. The number of benzene rings is 2. The van der Waals surface area contributed by atoms with E-state index in [9.17, 15) is 9.59 Å². The van der Waals surface area contributed by atoms with Crippen molar-refractivity contribution in [3.8, 4) is 5.75 Å². The van der Waals surface area contributed by atoms with E-state index in [0.717, 1.165) is 50.7 Å². The first-order chi connectivity index (χ1) is 17.2. The van der Waals surface area contributed by atoms with Gasteiger partial charge in [0, 0.05) is 30.4 Å². The number of rotatable bonds is 7. The fraction of sp³-hybridized carbons (Fsp3) is 0.448. The van der Waals surface area contributed by atoms with Gasteiger partial charge in [0.05, 0.1) is 18.4 Å². The molecule has 3 fully saturated rings. The fourth-order valence-electron chi connectivity index (χ4n) is 6.45. The van der Waals surface area contributed by atoms with Gasteiger partial charge in [-0.2, -0.15) is 0 Å². The van der Waals surface area contributed by atoms with E-state index in [-0.39, 0.29) is 23.9 Å². The third-order valence-corrected chi connectivity index (χ3v) is 8.07. The quantitative estimate of drug-likeness (QED) is 0.482. The van der Waals surface area contributed by atoms with E-state index in [0.29, 0.717) is 36.8 Å². The maximum Gasteiger partial charge on any atom is 0.258 e. The number of piperidine rings is 1. The highest BCUT2D eigenvalue weighted by atomic mass is 16.5. The lowest BCUT2D eigenvalue weighted by Gasteiger charge is -2.39. The van der Waals surface area contributed by atoms with Crippen LogP contribution in [0.25, 0.3) is 11.0 Å². The van der Waals surface area contributed by atoms with Crippen molar-refractivity contribution in [3.05, 3.63) is 65.9 Å². The number of nitrogens with zero attached hydrogens (tertiary/aromatic N) is 2. The lowest BCUT2D eigenvalue weighted by Crippen LogP contribution is -2.47. The molecule has 6 heteroatoms. The zero-order valence-corrected chi connectivity index (χ0v) is 20.0. The van der Waals surface area contributed by atoms with E-state index in [1.165, 1.54) is 10.9 Å². The van der Waals surface area contributed by atoms with E-state index >= 15 is 0 Å². The van der Waals surface area contributed by atoms with Crippen LogP contribution in [-0.4, -0.2) is 53.4 Å². The summed E-state index contributed by atoms with van der Waals surface area (Å²) in [5, 5.41) is 1.21. The van der Waals surface area contributed by atoms with Crippen molar-refractivity contribution in [2.45, 2.75) is 57.0 Å². The Bertz CT molecular complexity index is 1220. The molecule has 2 aromatic carbocycles. The minimum absolute atomic E-state index is 0.0840. The molecule has 2 amide bonds. The van der Waals surface area contributed by atoms with Crippen molar-refractivity contribution < 1.29 is 18.7 Å². The van der Waals surface area contributed by atoms with Gasteiger partial charge in [-0.1, -0.05) is 24.3 Å². The van der Waals surface area contributed by atoms with Gasteiger partial charge in [-0.15, -0.1) is 0 Å². The molecule has 35 heavy (non-hydrogen) atoms. The minimum atomic E-state index is 0.0840. The molecule has 6 rings (SSSR count). The van der Waals surface area contributed by atoms with Gasteiger partial charge in [-0.25, -0.2) is 0 Å². The average Bonchev–Trinajstić information content (AvgIpc) is 3.58. The van der Waals surface area contributed by atoms with Crippen LogP contribution in [0.4, 0.5) is 0 Å². The highest BCUT2D eigenvalue weighted by molar-refractivity contribution is 5.97. The first-order valence-corrected chi connectivity index (χ1v) is 12.9. The van der Waals surface area contributed by atoms with Crippen LogP contribution in [0, 0.1) is 5.92 Å². The molecule has 4 heterocycles. The summed E-state index contributed by atoms with van der Waals surface area (Å²) < 4.78 is 11.6. The van der Waals surface area contributed by atoms with E-state index < -0.39 is 0 Å². The summed E-state index contributed by atoms with van der Waals surface area (Å²) in [7, 11) is 0. The summed E-state index contributed by atoms with van der Waals surface area (Å²) in [4.78, 5) is 29.6. The van der Waals surface area contributed by atoms with Crippen LogP contribution >= 0.6 is 0 Å². The molecule has 3 saturated heterocycles. The highest BCUT2D eigenvalue weighted by Gasteiger charge is 2.43. The molecule has 2 bridgehead atoms.